The highest BCUT2D eigenvalue weighted by Gasteiger charge is 2.26. The normalized spacial score (nSPS) is 22.1. The van der Waals surface area contributed by atoms with Crippen LogP contribution in [0.25, 0.3) is 0 Å². The molecule has 1 aliphatic rings. The van der Waals surface area contributed by atoms with E-state index < -0.39 is 10.0 Å². The topological polar surface area (TPSA) is 92.5 Å². The van der Waals surface area contributed by atoms with Crippen molar-refractivity contribution in [1.82, 2.24) is 9.62 Å². The Kier molecular flexibility index (Phi) is 5.78. The SMILES string of the molecule is CN(C)S(=O)(=O)c1ccccc1CNC(=O)C1CCCC(N)C1. The molecule has 1 aromatic carbocycles. The van der Waals surface area contributed by atoms with E-state index in [2.05, 4.69) is 5.32 Å². The molecular weight excluding hydrogens is 314 g/mol. The number of amides is 1. The molecule has 0 bridgehead atoms. The zero-order valence-corrected chi connectivity index (χ0v) is 14.5. The van der Waals surface area contributed by atoms with Gasteiger partial charge in [-0.15, -0.1) is 0 Å². The van der Waals surface area contributed by atoms with Crippen LogP contribution in [-0.2, 0) is 21.4 Å². The molecule has 0 radical (unpaired) electrons. The zero-order chi connectivity index (χ0) is 17.0. The standard InChI is InChI=1S/C16H25N3O3S/c1-19(2)23(21,22)15-9-4-3-6-13(15)11-18-16(20)12-7-5-8-14(17)10-12/h3-4,6,9,12,14H,5,7-8,10-11,17H2,1-2H3,(H,18,20). The summed E-state index contributed by atoms with van der Waals surface area (Å²) in [5.74, 6) is -0.117. The lowest BCUT2D eigenvalue weighted by Crippen LogP contribution is -2.37. The Morgan fingerprint density at radius 2 is 2.00 bits per heavy atom. The minimum absolute atomic E-state index is 0.0443. The second-order valence-electron chi connectivity index (χ2n) is 6.24. The lowest BCUT2D eigenvalue weighted by molar-refractivity contribution is -0.126. The van der Waals surface area contributed by atoms with Crippen LogP contribution in [0.2, 0.25) is 0 Å². The van der Waals surface area contributed by atoms with Crippen LogP contribution in [0.5, 0.6) is 0 Å². The Morgan fingerprint density at radius 3 is 2.65 bits per heavy atom. The second-order valence-corrected chi connectivity index (χ2v) is 8.36. The monoisotopic (exact) mass is 339 g/mol. The van der Waals surface area contributed by atoms with Gasteiger partial charge in [-0.2, -0.15) is 0 Å². The molecule has 3 N–H and O–H groups in total. The number of carbonyl (C=O) groups excluding carboxylic acids is 1. The van der Waals surface area contributed by atoms with E-state index in [0.717, 1.165) is 19.3 Å². The highest BCUT2D eigenvalue weighted by Crippen LogP contribution is 2.24. The Morgan fingerprint density at radius 1 is 1.30 bits per heavy atom. The van der Waals surface area contributed by atoms with Crippen molar-refractivity contribution in [2.75, 3.05) is 14.1 Å². The summed E-state index contributed by atoms with van der Waals surface area (Å²) in [4.78, 5) is 12.5. The molecule has 0 aromatic heterocycles. The molecular formula is C16H25N3O3S. The number of nitrogens with zero attached hydrogens (tertiary/aromatic N) is 1. The quantitative estimate of drug-likeness (QED) is 0.839. The number of carbonyl (C=O) groups is 1. The molecule has 23 heavy (non-hydrogen) atoms. The van der Waals surface area contributed by atoms with Crippen LogP contribution in [0.1, 0.15) is 31.2 Å². The van der Waals surface area contributed by atoms with E-state index in [9.17, 15) is 13.2 Å². The molecule has 2 unspecified atom stereocenters. The highest BCUT2D eigenvalue weighted by atomic mass is 32.2. The number of nitrogens with two attached hydrogens (primary N) is 1. The summed E-state index contributed by atoms with van der Waals surface area (Å²) >= 11 is 0. The maximum Gasteiger partial charge on any atom is 0.242 e. The van der Waals surface area contributed by atoms with Crippen molar-refractivity contribution in [2.24, 2.45) is 11.7 Å². The van der Waals surface area contributed by atoms with Gasteiger partial charge in [0, 0.05) is 32.6 Å². The van der Waals surface area contributed by atoms with Gasteiger partial charge in [0.15, 0.2) is 0 Å². The average molecular weight is 339 g/mol. The van der Waals surface area contributed by atoms with E-state index in [1.165, 1.54) is 18.4 Å². The van der Waals surface area contributed by atoms with E-state index >= 15 is 0 Å². The lowest BCUT2D eigenvalue weighted by atomic mass is 9.85. The maximum absolute atomic E-state index is 12.3. The van der Waals surface area contributed by atoms with Gasteiger partial charge in [0.2, 0.25) is 15.9 Å². The van der Waals surface area contributed by atoms with Crippen LogP contribution in [-0.4, -0.2) is 38.8 Å². The Labute approximate surface area is 138 Å². The summed E-state index contributed by atoms with van der Waals surface area (Å²) in [5.41, 5.74) is 6.51. The molecule has 1 saturated carbocycles. The Bertz CT molecular complexity index is 658. The van der Waals surface area contributed by atoms with Crippen molar-refractivity contribution >= 4 is 15.9 Å². The van der Waals surface area contributed by atoms with Crippen molar-refractivity contribution < 1.29 is 13.2 Å². The largest absolute Gasteiger partial charge is 0.352 e. The third-order valence-electron chi connectivity index (χ3n) is 4.27. The average Bonchev–Trinajstić information content (AvgIpc) is 2.52. The number of rotatable bonds is 5. The predicted octanol–water partition coefficient (Wildman–Crippen LogP) is 1.07. The molecule has 7 heteroatoms. The summed E-state index contributed by atoms with van der Waals surface area (Å²) in [6.07, 6.45) is 3.47. The van der Waals surface area contributed by atoms with Gasteiger partial charge in [0.25, 0.3) is 0 Å². The number of nitrogens with one attached hydrogen (secondary N) is 1. The van der Waals surface area contributed by atoms with Crippen molar-refractivity contribution in [2.45, 2.75) is 43.2 Å². The number of benzene rings is 1. The molecule has 6 nitrogen and oxygen atoms in total. The van der Waals surface area contributed by atoms with E-state index in [0.29, 0.717) is 12.0 Å². The third-order valence-corrected chi connectivity index (χ3v) is 6.19. The van der Waals surface area contributed by atoms with E-state index in [1.54, 1.807) is 24.3 Å². The van der Waals surface area contributed by atoms with Gasteiger partial charge in [0.05, 0.1) is 4.90 Å². The molecule has 1 fully saturated rings. The first-order chi connectivity index (χ1) is 10.8. The summed E-state index contributed by atoms with van der Waals surface area (Å²) in [7, 11) is -0.539. The van der Waals surface area contributed by atoms with Gasteiger partial charge in [-0.05, 0) is 30.9 Å². The summed E-state index contributed by atoms with van der Waals surface area (Å²) in [6, 6.07) is 6.83. The van der Waals surface area contributed by atoms with Crippen LogP contribution in [0, 0.1) is 5.92 Å². The molecule has 0 aliphatic heterocycles. The molecule has 0 saturated heterocycles. The van der Waals surface area contributed by atoms with Gasteiger partial charge in [-0.3, -0.25) is 4.79 Å². The van der Waals surface area contributed by atoms with E-state index in [4.69, 9.17) is 5.73 Å². The van der Waals surface area contributed by atoms with E-state index in [-0.39, 0.29) is 29.3 Å². The van der Waals surface area contributed by atoms with Crippen molar-refractivity contribution in [3.8, 4) is 0 Å². The molecule has 1 aliphatic carbocycles. The van der Waals surface area contributed by atoms with Crippen LogP contribution >= 0.6 is 0 Å². The first-order valence-electron chi connectivity index (χ1n) is 7.86. The number of hydrogen-bond acceptors (Lipinski definition) is 4. The summed E-state index contributed by atoms with van der Waals surface area (Å²) in [5, 5.41) is 2.86. The molecule has 128 valence electrons. The van der Waals surface area contributed by atoms with Crippen LogP contribution in [0.4, 0.5) is 0 Å². The van der Waals surface area contributed by atoms with Gasteiger partial charge < -0.3 is 11.1 Å². The first kappa shape index (κ1) is 17.9. The van der Waals surface area contributed by atoms with E-state index in [1.807, 2.05) is 0 Å². The summed E-state index contributed by atoms with van der Waals surface area (Å²) in [6.45, 7) is 0.202. The van der Waals surface area contributed by atoms with Gasteiger partial charge in [-0.1, -0.05) is 24.6 Å². The Balaban J connectivity index is 2.08. The second kappa shape index (κ2) is 7.42. The Hall–Kier alpha value is -1.44. The predicted molar refractivity (Wildman–Crippen MR) is 89.1 cm³/mol. The minimum Gasteiger partial charge on any atom is -0.352 e. The number of hydrogen-bond donors (Lipinski definition) is 2. The lowest BCUT2D eigenvalue weighted by Gasteiger charge is -2.25. The summed E-state index contributed by atoms with van der Waals surface area (Å²) < 4.78 is 25.9. The van der Waals surface area contributed by atoms with Gasteiger partial charge in [-0.25, -0.2) is 12.7 Å². The first-order valence-corrected chi connectivity index (χ1v) is 9.30. The van der Waals surface area contributed by atoms with Crippen molar-refractivity contribution in [1.29, 1.82) is 0 Å². The zero-order valence-electron chi connectivity index (χ0n) is 13.7. The van der Waals surface area contributed by atoms with Crippen LogP contribution < -0.4 is 11.1 Å². The van der Waals surface area contributed by atoms with Gasteiger partial charge in [0.1, 0.15) is 0 Å². The molecule has 0 spiro atoms. The molecule has 2 atom stereocenters. The molecule has 1 aromatic rings. The third kappa shape index (κ3) is 4.31. The molecule has 2 rings (SSSR count). The number of sulfonamides is 1. The molecule has 0 heterocycles. The van der Waals surface area contributed by atoms with Gasteiger partial charge >= 0.3 is 0 Å². The maximum atomic E-state index is 12.3. The van der Waals surface area contributed by atoms with Crippen molar-refractivity contribution in [3.05, 3.63) is 29.8 Å². The van der Waals surface area contributed by atoms with Crippen LogP contribution in [0.15, 0.2) is 29.2 Å². The highest BCUT2D eigenvalue weighted by molar-refractivity contribution is 7.89. The fourth-order valence-corrected chi connectivity index (χ4v) is 4.01. The minimum atomic E-state index is -3.53. The smallest absolute Gasteiger partial charge is 0.242 e. The van der Waals surface area contributed by atoms with Crippen molar-refractivity contribution in [3.63, 3.8) is 0 Å². The van der Waals surface area contributed by atoms with Crippen LogP contribution in [0.3, 0.4) is 0 Å². The molecule has 1 amide bonds. The fourth-order valence-electron chi connectivity index (χ4n) is 2.89. The fraction of sp³-hybridized carbons (Fsp3) is 0.562.